The molecule has 3 nitrogen and oxygen atoms in total. The molecule has 0 aromatic carbocycles. The summed E-state index contributed by atoms with van der Waals surface area (Å²) in [6, 6.07) is 0. The molecule has 1 aromatic rings. The van der Waals surface area contributed by atoms with E-state index in [1.807, 2.05) is 13.8 Å². The highest BCUT2D eigenvalue weighted by molar-refractivity contribution is 6.21. The second-order valence-corrected chi connectivity index (χ2v) is 4.72. The van der Waals surface area contributed by atoms with E-state index in [1.54, 1.807) is 6.20 Å². The molecule has 0 aliphatic carbocycles. The van der Waals surface area contributed by atoms with Crippen molar-refractivity contribution < 1.29 is 0 Å². The maximum absolute atomic E-state index is 6.16. The number of halogens is 1. The van der Waals surface area contributed by atoms with Gasteiger partial charge < -0.3 is 4.90 Å². The summed E-state index contributed by atoms with van der Waals surface area (Å²) in [5, 5.41) is 0.250. The second kappa shape index (κ2) is 4.35. The quantitative estimate of drug-likeness (QED) is 0.687. The molecule has 1 fully saturated rings. The van der Waals surface area contributed by atoms with Gasteiger partial charge in [-0.05, 0) is 26.7 Å². The van der Waals surface area contributed by atoms with E-state index in [0.717, 1.165) is 43.1 Å². The molecule has 4 heteroatoms. The molecule has 1 atom stereocenters. The molecule has 0 amide bonds. The Hall–Kier alpha value is -0.830. The van der Waals surface area contributed by atoms with Crippen LogP contribution in [-0.4, -0.2) is 28.4 Å². The number of hydrogen-bond donors (Lipinski definition) is 0. The van der Waals surface area contributed by atoms with Crippen LogP contribution in [0.2, 0.25) is 0 Å². The molecule has 0 saturated carbocycles. The Morgan fingerprint density at radius 2 is 2.27 bits per heavy atom. The fourth-order valence-corrected chi connectivity index (χ4v) is 2.26. The van der Waals surface area contributed by atoms with Crippen molar-refractivity contribution in [2.45, 2.75) is 32.1 Å². The Morgan fingerprint density at radius 1 is 1.47 bits per heavy atom. The van der Waals surface area contributed by atoms with E-state index < -0.39 is 0 Å². The first kappa shape index (κ1) is 10.7. The van der Waals surface area contributed by atoms with Gasteiger partial charge in [-0.25, -0.2) is 4.98 Å². The number of hydrogen-bond acceptors (Lipinski definition) is 3. The van der Waals surface area contributed by atoms with Crippen LogP contribution in [0, 0.1) is 13.8 Å². The number of anilines is 1. The summed E-state index contributed by atoms with van der Waals surface area (Å²) in [5.74, 6) is 1.00. The van der Waals surface area contributed by atoms with Gasteiger partial charge in [0, 0.05) is 19.3 Å². The van der Waals surface area contributed by atoms with Gasteiger partial charge in [0.2, 0.25) is 0 Å². The third-order valence-electron chi connectivity index (χ3n) is 2.71. The van der Waals surface area contributed by atoms with E-state index >= 15 is 0 Å². The van der Waals surface area contributed by atoms with Crippen molar-refractivity contribution in [2.24, 2.45) is 0 Å². The summed E-state index contributed by atoms with van der Waals surface area (Å²) < 4.78 is 0. The highest BCUT2D eigenvalue weighted by Crippen LogP contribution is 2.22. The van der Waals surface area contributed by atoms with Gasteiger partial charge >= 0.3 is 0 Å². The standard InChI is InChI=1S/C11H16ClN3/c1-8-6-13-9(2)11(14-8)15-5-3-4-10(12)7-15/h6,10H,3-5,7H2,1-2H3. The Labute approximate surface area is 95.5 Å². The lowest BCUT2D eigenvalue weighted by Crippen LogP contribution is -2.37. The van der Waals surface area contributed by atoms with Crippen molar-refractivity contribution >= 4 is 17.4 Å². The molecule has 0 radical (unpaired) electrons. The van der Waals surface area contributed by atoms with Gasteiger partial charge in [-0.15, -0.1) is 11.6 Å². The van der Waals surface area contributed by atoms with Crippen LogP contribution in [-0.2, 0) is 0 Å². The summed E-state index contributed by atoms with van der Waals surface area (Å²) in [7, 11) is 0. The topological polar surface area (TPSA) is 29.0 Å². The molecule has 1 unspecified atom stereocenters. The molecule has 1 aliphatic rings. The average molecular weight is 226 g/mol. The molecule has 0 bridgehead atoms. The average Bonchev–Trinajstić information content (AvgIpc) is 2.22. The monoisotopic (exact) mass is 225 g/mol. The molecular weight excluding hydrogens is 210 g/mol. The van der Waals surface area contributed by atoms with Crippen LogP contribution < -0.4 is 4.90 Å². The van der Waals surface area contributed by atoms with Gasteiger partial charge in [-0.1, -0.05) is 0 Å². The predicted molar refractivity (Wildman–Crippen MR) is 62.6 cm³/mol. The fourth-order valence-electron chi connectivity index (χ4n) is 1.94. The molecule has 0 N–H and O–H groups in total. The molecule has 0 spiro atoms. The zero-order chi connectivity index (χ0) is 10.8. The van der Waals surface area contributed by atoms with Crippen LogP contribution in [0.1, 0.15) is 24.2 Å². The van der Waals surface area contributed by atoms with E-state index in [-0.39, 0.29) is 5.38 Å². The number of nitrogens with zero attached hydrogens (tertiary/aromatic N) is 3. The van der Waals surface area contributed by atoms with Crippen LogP contribution in [0.5, 0.6) is 0 Å². The zero-order valence-corrected chi connectivity index (χ0v) is 9.96. The molecule has 2 heterocycles. The molecule has 1 saturated heterocycles. The summed E-state index contributed by atoms with van der Waals surface area (Å²) in [5.41, 5.74) is 1.96. The fraction of sp³-hybridized carbons (Fsp3) is 0.636. The second-order valence-electron chi connectivity index (χ2n) is 4.11. The lowest BCUT2D eigenvalue weighted by molar-refractivity contribution is 0.577. The smallest absolute Gasteiger partial charge is 0.150 e. The Bertz CT molecular complexity index is 354. The predicted octanol–water partition coefficient (Wildman–Crippen LogP) is 2.30. The van der Waals surface area contributed by atoms with Crippen LogP contribution >= 0.6 is 11.6 Å². The van der Waals surface area contributed by atoms with E-state index in [4.69, 9.17) is 11.6 Å². The van der Waals surface area contributed by atoms with E-state index in [1.165, 1.54) is 0 Å². The number of aryl methyl sites for hydroxylation is 2. The Morgan fingerprint density at radius 3 is 3.00 bits per heavy atom. The van der Waals surface area contributed by atoms with E-state index in [0.29, 0.717) is 0 Å². The summed E-state index contributed by atoms with van der Waals surface area (Å²) in [6.07, 6.45) is 4.06. The minimum Gasteiger partial charge on any atom is -0.354 e. The van der Waals surface area contributed by atoms with Gasteiger partial charge in [-0.2, -0.15) is 0 Å². The molecule has 1 aliphatic heterocycles. The Balaban J connectivity index is 2.24. The molecule has 1 aromatic heterocycles. The van der Waals surface area contributed by atoms with Crippen LogP contribution in [0.15, 0.2) is 6.20 Å². The lowest BCUT2D eigenvalue weighted by atomic mass is 10.1. The summed E-state index contributed by atoms with van der Waals surface area (Å²) >= 11 is 6.16. The normalized spacial score (nSPS) is 21.8. The van der Waals surface area contributed by atoms with Gasteiger partial charge in [0.1, 0.15) is 5.82 Å². The van der Waals surface area contributed by atoms with Crippen molar-refractivity contribution in [2.75, 3.05) is 18.0 Å². The van der Waals surface area contributed by atoms with Crippen molar-refractivity contribution in [3.8, 4) is 0 Å². The third kappa shape index (κ3) is 2.40. The Kier molecular flexibility index (Phi) is 3.10. The highest BCUT2D eigenvalue weighted by atomic mass is 35.5. The highest BCUT2D eigenvalue weighted by Gasteiger charge is 2.20. The van der Waals surface area contributed by atoms with Gasteiger partial charge in [0.15, 0.2) is 0 Å². The van der Waals surface area contributed by atoms with Gasteiger partial charge in [0.25, 0.3) is 0 Å². The van der Waals surface area contributed by atoms with Crippen LogP contribution in [0.3, 0.4) is 0 Å². The van der Waals surface area contributed by atoms with Crippen molar-refractivity contribution in [1.82, 2.24) is 9.97 Å². The minimum absolute atomic E-state index is 0.250. The van der Waals surface area contributed by atoms with Crippen molar-refractivity contribution in [3.63, 3.8) is 0 Å². The summed E-state index contributed by atoms with van der Waals surface area (Å²) in [4.78, 5) is 11.1. The lowest BCUT2D eigenvalue weighted by Gasteiger charge is -2.31. The van der Waals surface area contributed by atoms with E-state index in [2.05, 4.69) is 14.9 Å². The van der Waals surface area contributed by atoms with Crippen molar-refractivity contribution in [3.05, 3.63) is 17.6 Å². The summed E-state index contributed by atoms with van der Waals surface area (Å²) in [6.45, 7) is 5.90. The molecule has 82 valence electrons. The van der Waals surface area contributed by atoms with Crippen molar-refractivity contribution in [1.29, 1.82) is 0 Å². The number of piperidine rings is 1. The van der Waals surface area contributed by atoms with Crippen LogP contribution in [0.25, 0.3) is 0 Å². The largest absolute Gasteiger partial charge is 0.354 e. The number of aromatic nitrogens is 2. The maximum Gasteiger partial charge on any atom is 0.150 e. The number of alkyl halides is 1. The van der Waals surface area contributed by atoms with Crippen LogP contribution in [0.4, 0.5) is 5.82 Å². The molecular formula is C11H16ClN3. The molecule has 2 rings (SSSR count). The molecule has 15 heavy (non-hydrogen) atoms. The number of rotatable bonds is 1. The van der Waals surface area contributed by atoms with Gasteiger partial charge in [0.05, 0.1) is 16.8 Å². The first-order valence-electron chi connectivity index (χ1n) is 5.36. The first-order chi connectivity index (χ1) is 7.16. The third-order valence-corrected chi connectivity index (χ3v) is 3.07. The van der Waals surface area contributed by atoms with Gasteiger partial charge in [-0.3, -0.25) is 4.98 Å². The zero-order valence-electron chi connectivity index (χ0n) is 9.20. The van der Waals surface area contributed by atoms with E-state index in [9.17, 15) is 0 Å². The first-order valence-corrected chi connectivity index (χ1v) is 5.79. The minimum atomic E-state index is 0.250. The maximum atomic E-state index is 6.16. The SMILES string of the molecule is Cc1cnc(C)c(N2CCCC(Cl)C2)n1.